The molecule has 2 rings (SSSR count). The maximum absolute atomic E-state index is 13.9. The van der Waals surface area contributed by atoms with Crippen LogP contribution in [0.1, 0.15) is 45.1 Å². The van der Waals surface area contributed by atoms with Crippen molar-refractivity contribution in [2.24, 2.45) is 11.3 Å². The van der Waals surface area contributed by atoms with Gasteiger partial charge in [0.25, 0.3) is 0 Å². The van der Waals surface area contributed by atoms with E-state index in [1.54, 1.807) is 6.07 Å². The summed E-state index contributed by atoms with van der Waals surface area (Å²) in [5.74, 6) is -0.277. The summed E-state index contributed by atoms with van der Waals surface area (Å²) in [6.07, 6.45) is 5.41. The van der Waals surface area contributed by atoms with Crippen LogP contribution in [-0.2, 0) is 6.42 Å². The number of nitrogens with one attached hydrogen (secondary N) is 1. The molecule has 1 aromatic rings. The zero-order valence-corrected chi connectivity index (χ0v) is 12.5. The Hall–Kier alpha value is -0.960. The van der Waals surface area contributed by atoms with Gasteiger partial charge in [0.05, 0.1) is 0 Å². The second kappa shape index (κ2) is 6.66. The highest BCUT2D eigenvalue weighted by atomic mass is 19.1. The summed E-state index contributed by atoms with van der Waals surface area (Å²) in [5, 5.41) is 3.52. The van der Waals surface area contributed by atoms with Gasteiger partial charge in [0.15, 0.2) is 0 Å². The third-order valence-electron chi connectivity index (χ3n) is 4.30. The zero-order valence-electron chi connectivity index (χ0n) is 12.5. The molecule has 1 saturated carbocycles. The molecule has 0 unspecified atom stereocenters. The average molecular weight is 281 g/mol. The number of halogens is 2. The Kier molecular flexibility index (Phi) is 5.14. The summed E-state index contributed by atoms with van der Waals surface area (Å²) < 4.78 is 26.9. The lowest BCUT2D eigenvalue weighted by atomic mass is 9.79. The van der Waals surface area contributed by atoms with E-state index in [1.165, 1.54) is 18.9 Å². The Labute approximate surface area is 120 Å². The van der Waals surface area contributed by atoms with Gasteiger partial charge in [-0.15, -0.1) is 0 Å². The van der Waals surface area contributed by atoms with E-state index in [1.807, 2.05) is 0 Å². The molecule has 1 aliphatic carbocycles. The van der Waals surface area contributed by atoms with Crippen molar-refractivity contribution in [3.05, 3.63) is 35.4 Å². The van der Waals surface area contributed by atoms with Crippen molar-refractivity contribution in [3.63, 3.8) is 0 Å². The van der Waals surface area contributed by atoms with Crippen molar-refractivity contribution >= 4 is 0 Å². The third-order valence-corrected chi connectivity index (χ3v) is 4.30. The van der Waals surface area contributed by atoms with E-state index >= 15 is 0 Å². The zero-order chi connectivity index (χ0) is 14.6. The SMILES string of the molecule is CC(C)CNCC1(Cc2ccc(F)cc2F)CCCC1. The number of hydrogen-bond acceptors (Lipinski definition) is 1. The molecular formula is C17H25F2N. The van der Waals surface area contributed by atoms with Gasteiger partial charge in [-0.2, -0.15) is 0 Å². The number of benzene rings is 1. The summed E-state index contributed by atoms with van der Waals surface area (Å²) in [6.45, 7) is 6.30. The molecule has 0 atom stereocenters. The van der Waals surface area contributed by atoms with Crippen LogP contribution in [0.2, 0.25) is 0 Å². The molecular weight excluding hydrogens is 256 g/mol. The Morgan fingerprint density at radius 3 is 2.50 bits per heavy atom. The largest absolute Gasteiger partial charge is 0.316 e. The topological polar surface area (TPSA) is 12.0 Å². The van der Waals surface area contributed by atoms with E-state index in [-0.39, 0.29) is 5.41 Å². The van der Waals surface area contributed by atoms with Gasteiger partial charge in [-0.25, -0.2) is 8.78 Å². The minimum absolute atomic E-state index is 0.146. The predicted molar refractivity (Wildman–Crippen MR) is 78.7 cm³/mol. The molecule has 0 aromatic heterocycles. The van der Waals surface area contributed by atoms with Crippen LogP contribution in [0.4, 0.5) is 8.78 Å². The van der Waals surface area contributed by atoms with Crippen molar-refractivity contribution in [1.29, 1.82) is 0 Å². The molecule has 0 saturated heterocycles. The van der Waals surface area contributed by atoms with Crippen LogP contribution in [0, 0.1) is 23.0 Å². The van der Waals surface area contributed by atoms with E-state index < -0.39 is 11.6 Å². The van der Waals surface area contributed by atoms with E-state index in [0.717, 1.165) is 32.0 Å². The van der Waals surface area contributed by atoms with Gasteiger partial charge in [0.1, 0.15) is 11.6 Å². The summed E-state index contributed by atoms with van der Waals surface area (Å²) in [4.78, 5) is 0. The fourth-order valence-electron chi connectivity index (χ4n) is 3.24. The fraction of sp³-hybridized carbons (Fsp3) is 0.647. The molecule has 0 spiro atoms. The number of hydrogen-bond donors (Lipinski definition) is 1. The lowest BCUT2D eigenvalue weighted by molar-refractivity contribution is 0.269. The van der Waals surface area contributed by atoms with Gasteiger partial charge in [-0.1, -0.05) is 32.8 Å². The summed E-state index contributed by atoms with van der Waals surface area (Å²) >= 11 is 0. The van der Waals surface area contributed by atoms with Crippen LogP contribution in [0.25, 0.3) is 0 Å². The van der Waals surface area contributed by atoms with Crippen LogP contribution >= 0.6 is 0 Å². The molecule has 1 N–H and O–H groups in total. The van der Waals surface area contributed by atoms with Crippen molar-refractivity contribution in [3.8, 4) is 0 Å². The van der Waals surface area contributed by atoms with Crippen LogP contribution < -0.4 is 5.32 Å². The maximum atomic E-state index is 13.9. The van der Waals surface area contributed by atoms with Gasteiger partial charge in [-0.3, -0.25) is 0 Å². The minimum Gasteiger partial charge on any atom is -0.316 e. The van der Waals surface area contributed by atoms with Gasteiger partial charge in [0.2, 0.25) is 0 Å². The van der Waals surface area contributed by atoms with Gasteiger partial charge in [0, 0.05) is 12.6 Å². The molecule has 0 heterocycles. The molecule has 0 aliphatic heterocycles. The second-order valence-corrected chi connectivity index (χ2v) is 6.64. The van der Waals surface area contributed by atoms with Crippen LogP contribution in [-0.4, -0.2) is 13.1 Å². The summed E-state index contributed by atoms with van der Waals surface area (Å²) in [7, 11) is 0. The molecule has 20 heavy (non-hydrogen) atoms. The quantitative estimate of drug-likeness (QED) is 0.819. The number of rotatable bonds is 6. The predicted octanol–water partition coefficient (Wildman–Crippen LogP) is 4.31. The van der Waals surface area contributed by atoms with Crippen LogP contribution in [0.3, 0.4) is 0 Å². The molecule has 0 radical (unpaired) electrons. The first-order chi connectivity index (χ1) is 9.51. The highest BCUT2D eigenvalue weighted by Gasteiger charge is 2.34. The second-order valence-electron chi connectivity index (χ2n) is 6.64. The maximum Gasteiger partial charge on any atom is 0.129 e. The molecule has 1 nitrogen and oxygen atoms in total. The molecule has 112 valence electrons. The molecule has 0 amide bonds. The summed E-state index contributed by atoms with van der Waals surface area (Å²) in [6, 6.07) is 3.97. The van der Waals surface area contributed by atoms with E-state index in [4.69, 9.17) is 0 Å². The average Bonchev–Trinajstić information content (AvgIpc) is 2.81. The van der Waals surface area contributed by atoms with E-state index in [2.05, 4.69) is 19.2 Å². The molecule has 0 bridgehead atoms. The minimum atomic E-state index is -0.496. The standard InChI is InChI=1S/C17H25F2N/c1-13(2)11-20-12-17(7-3-4-8-17)10-14-5-6-15(18)9-16(14)19/h5-6,9,13,20H,3-4,7-8,10-12H2,1-2H3. The fourth-order valence-corrected chi connectivity index (χ4v) is 3.24. The van der Waals surface area contributed by atoms with E-state index in [9.17, 15) is 8.78 Å². The molecule has 1 fully saturated rings. The molecule has 1 aromatic carbocycles. The van der Waals surface area contributed by atoms with Crippen molar-refractivity contribution < 1.29 is 8.78 Å². The molecule has 1 aliphatic rings. The Balaban J connectivity index is 2.04. The Morgan fingerprint density at radius 2 is 1.90 bits per heavy atom. The summed E-state index contributed by atoms with van der Waals surface area (Å²) in [5.41, 5.74) is 0.799. The van der Waals surface area contributed by atoms with Crippen LogP contribution in [0.15, 0.2) is 18.2 Å². The highest BCUT2D eigenvalue weighted by molar-refractivity contribution is 5.20. The van der Waals surface area contributed by atoms with Gasteiger partial charge >= 0.3 is 0 Å². The van der Waals surface area contributed by atoms with Gasteiger partial charge < -0.3 is 5.32 Å². The first kappa shape index (κ1) is 15.4. The smallest absolute Gasteiger partial charge is 0.129 e. The molecule has 3 heteroatoms. The first-order valence-electron chi connectivity index (χ1n) is 7.65. The van der Waals surface area contributed by atoms with Gasteiger partial charge in [-0.05, 0) is 48.8 Å². The first-order valence-corrected chi connectivity index (χ1v) is 7.65. The highest BCUT2D eigenvalue weighted by Crippen LogP contribution is 2.40. The lowest BCUT2D eigenvalue weighted by Gasteiger charge is -2.30. The van der Waals surface area contributed by atoms with Crippen molar-refractivity contribution in [2.75, 3.05) is 13.1 Å². The van der Waals surface area contributed by atoms with Crippen molar-refractivity contribution in [1.82, 2.24) is 5.32 Å². The monoisotopic (exact) mass is 281 g/mol. The van der Waals surface area contributed by atoms with E-state index in [0.29, 0.717) is 17.9 Å². The lowest BCUT2D eigenvalue weighted by Crippen LogP contribution is -2.36. The Morgan fingerprint density at radius 1 is 1.20 bits per heavy atom. The Bertz CT molecular complexity index is 437. The van der Waals surface area contributed by atoms with Crippen molar-refractivity contribution in [2.45, 2.75) is 46.0 Å². The third kappa shape index (κ3) is 4.02. The normalized spacial score (nSPS) is 17.9. The van der Waals surface area contributed by atoms with Crippen LogP contribution in [0.5, 0.6) is 0 Å².